The molecule has 2 rings (SSSR count). The molecule has 1 aromatic rings. The first-order chi connectivity index (χ1) is 8.58. The lowest BCUT2D eigenvalue weighted by molar-refractivity contribution is -0.126. The SMILES string of the molecule is COc1ccc(C2(C)NCCCNC2=O)cc1C. The molecule has 1 atom stereocenters. The quantitative estimate of drug-likeness (QED) is 0.830. The van der Waals surface area contributed by atoms with E-state index in [1.807, 2.05) is 32.0 Å². The number of carbonyl (C=O) groups is 1. The molecule has 0 radical (unpaired) electrons. The molecule has 1 unspecified atom stereocenters. The summed E-state index contributed by atoms with van der Waals surface area (Å²) in [6.45, 7) is 5.48. The molecule has 1 aromatic carbocycles. The summed E-state index contributed by atoms with van der Waals surface area (Å²) in [7, 11) is 1.65. The van der Waals surface area contributed by atoms with Gasteiger partial charge in [-0.05, 0) is 44.0 Å². The molecule has 4 nitrogen and oxygen atoms in total. The van der Waals surface area contributed by atoms with Crippen LogP contribution in [0.4, 0.5) is 0 Å². The molecule has 0 aliphatic carbocycles. The molecule has 0 spiro atoms. The number of nitrogens with one attached hydrogen (secondary N) is 2. The molecule has 1 aliphatic heterocycles. The highest BCUT2D eigenvalue weighted by Crippen LogP contribution is 2.27. The summed E-state index contributed by atoms with van der Waals surface area (Å²) in [6.07, 6.45) is 0.955. The van der Waals surface area contributed by atoms with Crippen LogP contribution in [0.15, 0.2) is 18.2 Å². The van der Waals surface area contributed by atoms with Crippen molar-refractivity contribution in [3.05, 3.63) is 29.3 Å². The Bertz CT molecular complexity index is 459. The number of amides is 1. The monoisotopic (exact) mass is 248 g/mol. The molecule has 1 fully saturated rings. The van der Waals surface area contributed by atoms with Crippen molar-refractivity contribution in [3.8, 4) is 5.75 Å². The van der Waals surface area contributed by atoms with Crippen LogP contribution in [0.3, 0.4) is 0 Å². The number of hydrogen-bond acceptors (Lipinski definition) is 3. The van der Waals surface area contributed by atoms with Crippen LogP contribution in [0.25, 0.3) is 0 Å². The van der Waals surface area contributed by atoms with Gasteiger partial charge in [0, 0.05) is 6.54 Å². The molecule has 1 saturated heterocycles. The van der Waals surface area contributed by atoms with E-state index in [0.717, 1.165) is 36.4 Å². The molecular weight excluding hydrogens is 228 g/mol. The molecule has 98 valence electrons. The fourth-order valence-electron chi connectivity index (χ4n) is 2.31. The predicted molar refractivity (Wildman–Crippen MR) is 70.7 cm³/mol. The van der Waals surface area contributed by atoms with Crippen LogP contribution in [0, 0.1) is 6.92 Å². The number of benzene rings is 1. The molecule has 0 aromatic heterocycles. The number of hydrogen-bond donors (Lipinski definition) is 2. The van der Waals surface area contributed by atoms with Gasteiger partial charge in [-0.15, -0.1) is 0 Å². The summed E-state index contributed by atoms with van der Waals surface area (Å²) in [5, 5.41) is 6.28. The summed E-state index contributed by atoms with van der Waals surface area (Å²) >= 11 is 0. The van der Waals surface area contributed by atoms with Gasteiger partial charge < -0.3 is 10.1 Å². The van der Waals surface area contributed by atoms with Gasteiger partial charge in [-0.1, -0.05) is 12.1 Å². The van der Waals surface area contributed by atoms with E-state index in [0.29, 0.717) is 0 Å². The average molecular weight is 248 g/mol. The second-order valence-electron chi connectivity index (χ2n) is 4.85. The summed E-state index contributed by atoms with van der Waals surface area (Å²) in [6, 6.07) is 5.87. The molecule has 1 heterocycles. The molecule has 1 aliphatic rings. The van der Waals surface area contributed by atoms with Gasteiger partial charge in [0.05, 0.1) is 7.11 Å². The van der Waals surface area contributed by atoms with Gasteiger partial charge in [-0.25, -0.2) is 0 Å². The van der Waals surface area contributed by atoms with E-state index in [1.165, 1.54) is 0 Å². The number of methoxy groups -OCH3 is 1. The lowest BCUT2D eigenvalue weighted by Crippen LogP contribution is -2.50. The van der Waals surface area contributed by atoms with Crippen molar-refractivity contribution < 1.29 is 9.53 Å². The largest absolute Gasteiger partial charge is 0.496 e. The van der Waals surface area contributed by atoms with E-state index >= 15 is 0 Å². The Morgan fingerprint density at radius 3 is 2.78 bits per heavy atom. The summed E-state index contributed by atoms with van der Waals surface area (Å²) < 4.78 is 5.25. The maximum Gasteiger partial charge on any atom is 0.244 e. The second-order valence-corrected chi connectivity index (χ2v) is 4.85. The third-order valence-electron chi connectivity index (χ3n) is 3.54. The van der Waals surface area contributed by atoms with E-state index in [1.54, 1.807) is 7.11 Å². The molecule has 0 bridgehead atoms. The van der Waals surface area contributed by atoms with Crippen LogP contribution < -0.4 is 15.4 Å². The van der Waals surface area contributed by atoms with Gasteiger partial charge >= 0.3 is 0 Å². The normalized spacial score (nSPS) is 24.3. The zero-order valence-corrected chi connectivity index (χ0v) is 11.2. The fraction of sp³-hybridized carbons (Fsp3) is 0.500. The zero-order chi connectivity index (χ0) is 13.2. The Balaban J connectivity index is 2.39. The van der Waals surface area contributed by atoms with Crippen LogP contribution in [0.2, 0.25) is 0 Å². The van der Waals surface area contributed by atoms with Crippen LogP contribution in [0.1, 0.15) is 24.5 Å². The summed E-state index contributed by atoms with van der Waals surface area (Å²) in [5.41, 5.74) is 1.35. The number of aryl methyl sites for hydroxylation is 1. The van der Waals surface area contributed by atoms with Crippen LogP contribution >= 0.6 is 0 Å². The predicted octanol–water partition coefficient (Wildman–Crippen LogP) is 1.33. The van der Waals surface area contributed by atoms with Gasteiger partial charge in [-0.2, -0.15) is 0 Å². The van der Waals surface area contributed by atoms with E-state index in [4.69, 9.17) is 4.74 Å². The third-order valence-corrected chi connectivity index (χ3v) is 3.54. The standard InChI is InChI=1S/C14H20N2O2/c1-10-9-11(5-6-12(10)18-3)14(2)13(17)15-7-4-8-16-14/h5-6,9,16H,4,7-8H2,1-3H3,(H,15,17). The molecule has 2 N–H and O–H groups in total. The van der Waals surface area contributed by atoms with Gasteiger partial charge in [0.25, 0.3) is 0 Å². The molecule has 0 saturated carbocycles. The minimum atomic E-state index is -0.659. The lowest BCUT2D eigenvalue weighted by atomic mass is 9.90. The lowest BCUT2D eigenvalue weighted by Gasteiger charge is -2.28. The molecule has 1 amide bonds. The smallest absolute Gasteiger partial charge is 0.244 e. The van der Waals surface area contributed by atoms with Gasteiger partial charge in [0.1, 0.15) is 11.3 Å². The highest BCUT2D eigenvalue weighted by molar-refractivity contribution is 5.87. The van der Waals surface area contributed by atoms with E-state index in [9.17, 15) is 4.79 Å². The Hall–Kier alpha value is -1.55. The van der Waals surface area contributed by atoms with Gasteiger partial charge in [0.15, 0.2) is 0 Å². The van der Waals surface area contributed by atoms with Crippen LogP contribution in [-0.2, 0) is 10.3 Å². The minimum Gasteiger partial charge on any atom is -0.496 e. The van der Waals surface area contributed by atoms with Gasteiger partial charge in [-0.3, -0.25) is 10.1 Å². The van der Waals surface area contributed by atoms with Crippen molar-refractivity contribution in [1.29, 1.82) is 0 Å². The first kappa shape index (κ1) is 12.9. The van der Waals surface area contributed by atoms with Gasteiger partial charge in [0.2, 0.25) is 5.91 Å². The highest BCUT2D eigenvalue weighted by atomic mass is 16.5. The highest BCUT2D eigenvalue weighted by Gasteiger charge is 2.35. The van der Waals surface area contributed by atoms with E-state index in [-0.39, 0.29) is 5.91 Å². The number of rotatable bonds is 2. The van der Waals surface area contributed by atoms with Crippen molar-refractivity contribution in [2.24, 2.45) is 0 Å². The van der Waals surface area contributed by atoms with E-state index < -0.39 is 5.54 Å². The Morgan fingerprint density at radius 1 is 1.33 bits per heavy atom. The molecule has 4 heteroatoms. The minimum absolute atomic E-state index is 0.0320. The summed E-state index contributed by atoms with van der Waals surface area (Å²) in [4.78, 5) is 12.2. The number of ether oxygens (including phenoxy) is 1. The van der Waals surface area contributed by atoms with Crippen molar-refractivity contribution in [1.82, 2.24) is 10.6 Å². The second kappa shape index (κ2) is 4.98. The molecule has 18 heavy (non-hydrogen) atoms. The van der Waals surface area contributed by atoms with Crippen molar-refractivity contribution in [2.45, 2.75) is 25.8 Å². The van der Waals surface area contributed by atoms with Crippen molar-refractivity contribution in [2.75, 3.05) is 20.2 Å². The van der Waals surface area contributed by atoms with Crippen molar-refractivity contribution >= 4 is 5.91 Å². The molecular formula is C14H20N2O2. The van der Waals surface area contributed by atoms with Crippen LogP contribution in [-0.4, -0.2) is 26.1 Å². The van der Waals surface area contributed by atoms with Crippen LogP contribution in [0.5, 0.6) is 5.75 Å². The maximum atomic E-state index is 12.2. The Labute approximate surface area is 108 Å². The summed E-state index contributed by atoms with van der Waals surface area (Å²) in [5.74, 6) is 0.876. The van der Waals surface area contributed by atoms with Crippen molar-refractivity contribution in [3.63, 3.8) is 0 Å². The third kappa shape index (κ3) is 2.20. The maximum absolute atomic E-state index is 12.2. The first-order valence-electron chi connectivity index (χ1n) is 6.26. The average Bonchev–Trinajstić information content (AvgIpc) is 2.53. The number of carbonyl (C=O) groups excluding carboxylic acids is 1. The van der Waals surface area contributed by atoms with E-state index in [2.05, 4.69) is 10.6 Å². The zero-order valence-electron chi connectivity index (χ0n) is 11.2. The fourth-order valence-corrected chi connectivity index (χ4v) is 2.31. The topological polar surface area (TPSA) is 50.4 Å². The first-order valence-corrected chi connectivity index (χ1v) is 6.26. The Kier molecular flexibility index (Phi) is 3.57. The Morgan fingerprint density at radius 2 is 2.11 bits per heavy atom.